The van der Waals surface area contributed by atoms with E-state index < -0.39 is 5.41 Å². The molecule has 0 spiro atoms. The van der Waals surface area contributed by atoms with E-state index in [9.17, 15) is 0 Å². The molecule has 0 radical (unpaired) electrons. The quantitative estimate of drug-likeness (QED) is 0.171. The van der Waals surface area contributed by atoms with Crippen molar-refractivity contribution in [2.75, 3.05) is 0 Å². The Morgan fingerprint density at radius 2 is 0.842 bits per heavy atom. The van der Waals surface area contributed by atoms with E-state index in [-0.39, 0.29) is 0 Å². The van der Waals surface area contributed by atoms with Gasteiger partial charge in [-0.1, -0.05) is 182 Å². The van der Waals surface area contributed by atoms with Gasteiger partial charge in [-0.15, -0.1) is 0 Å². The van der Waals surface area contributed by atoms with Gasteiger partial charge in [0.2, 0.25) is 0 Å². The molecule has 0 unspecified atom stereocenters. The van der Waals surface area contributed by atoms with Crippen molar-refractivity contribution in [1.29, 1.82) is 0 Å². The summed E-state index contributed by atoms with van der Waals surface area (Å²) in [7, 11) is 0. The first-order valence-corrected chi connectivity index (χ1v) is 19.4. The zero-order valence-electron chi connectivity index (χ0n) is 31.0. The van der Waals surface area contributed by atoms with Crippen molar-refractivity contribution in [2.24, 2.45) is 0 Å². The predicted octanol–water partition coefficient (Wildman–Crippen LogP) is 14.0. The average molecular weight is 730 g/mol. The number of rotatable bonds is 6. The summed E-state index contributed by atoms with van der Waals surface area (Å²) in [6, 6.07) is 74.7. The van der Waals surface area contributed by atoms with Crippen LogP contribution in [0.15, 0.2) is 212 Å². The molecular weight excluding hydrogens is 695 g/mol. The minimum absolute atomic E-state index is 0.532. The number of pyridine rings is 1. The molecule has 1 aliphatic heterocycles. The highest BCUT2D eigenvalue weighted by atomic mass is 16.6. The van der Waals surface area contributed by atoms with E-state index in [1.54, 1.807) is 0 Å². The smallest absolute Gasteiger partial charge is 0.177 e. The third kappa shape index (κ3) is 5.39. The van der Waals surface area contributed by atoms with Crippen LogP contribution >= 0.6 is 0 Å². The first-order chi connectivity index (χ1) is 28.2. The van der Waals surface area contributed by atoms with E-state index in [0.29, 0.717) is 23.0 Å². The topological polar surface area (TPSA) is 31.4 Å². The maximum Gasteiger partial charge on any atom is 0.177 e. The van der Waals surface area contributed by atoms with Crippen LogP contribution in [0.3, 0.4) is 0 Å². The third-order valence-corrected chi connectivity index (χ3v) is 11.4. The molecule has 2 aliphatic rings. The number of aromatic nitrogens is 1. The Kier molecular flexibility index (Phi) is 7.71. The molecule has 11 rings (SSSR count). The van der Waals surface area contributed by atoms with Gasteiger partial charge in [0.25, 0.3) is 0 Å². The van der Waals surface area contributed by atoms with Gasteiger partial charge in [-0.25, -0.2) is 4.98 Å². The van der Waals surface area contributed by atoms with Gasteiger partial charge in [0.15, 0.2) is 23.0 Å². The van der Waals surface area contributed by atoms with Crippen molar-refractivity contribution in [3.8, 4) is 78.9 Å². The second-order valence-corrected chi connectivity index (χ2v) is 14.6. The predicted molar refractivity (Wildman–Crippen MR) is 230 cm³/mol. The first-order valence-electron chi connectivity index (χ1n) is 19.4. The molecule has 268 valence electrons. The van der Waals surface area contributed by atoms with Crippen LogP contribution < -0.4 is 9.47 Å². The molecule has 0 fully saturated rings. The van der Waals surface area contributed by atoms with Gasteiger partial charge in [0.1, 0.15) is 0 Å². The van der Waals surface area contributed by atoms with Crippen LogP contribution in [0.2, 0.25) is 0 Å². The Labute approximate surface area is 332 Å². The normalized spacial score (nSPS) is 13.0. The maximum absolute atomic E-state index is 6.96. The lowest BCUT2D eigenvalue weighted by atomic mass is 9.67. The molecule has 0 saturated heterocycles. The van der Waals surface area contributed by atoms with Crippen molar-refractivity contribution < 1.29 is 9.47 Å². The molecule has 57 heavy (non-hydrogen) atoms. The van der Waals surface area contributed by atoms with Crippen LogP contribution in [0, 0.1) is 0 Å². The minimum Gasteiger partial charge on any atom is -0.449 e. The standard InChI is InChI=1S/C54H35NO2/c1-5-16-38(17-6-1)48-32-40(33-49(55-48)39-18-7-2-8-19-39)36-28-30-37(31-29-36)43-25-15-27-50-53(43)57-52-35-47-45(34-51(52)56-50)44-24-13-14-26-46(44)54(47,41-20-9-3-10-21-41)42-22-11-4-12-23-42/h1-35H. The molecule has 0 amide bonds. The largest absolute Gasteiger partial charge is 0.449 e. The number of nitrogens with zero attached hydrogens (tertiary/aromatic N) is 1. The van der Waals surface area contributed by atoms with Crippen LogP contribution in [0.25, 0.3) is 55.9 Å². The summed E-state index contributed by atoms with van der Waals surface area (Å²) < 4.78 is 13.7. The van der Waals surface area contributed by atoms with Crippen LogP contribution in [0.5, 0.6) is 23.0 Å². The fraction of sp³-hybridized carbons (Fsp3) is 0.0185. The van der Waals surface area contributed by atoms with Crippen molar-refractivity contribution in [3.63, 3.8) is 0 Å². The summed E-state index contributed by atoms with van der Waals surface area (Å²) >= 11 is 0. The van der Waals surface area contributed by atoms with E-state index in [4.69, 9.17) is 14.5 Å². The fourth-order valence-electron chi connectivity index (χ4n) is 8.82. The number of hydrogen-bond acceptors (Lipinski definition) is 3. The number of para-hydroxylation sites is 1. The molecule has 0 N–H and O–H groups in total. The number of fused-ring (bicyclic) bond motifs is 5. The number of hydrogen-bond donors (Lipinski definition) is 0. The number of ether oxygens (including phenoxy) is 2. The Morgan fingerprint density at radius 3 is 1.47 bits per heavy atom. The van der Waals surface area contributed by atoms with Crippen LogP contribution in [-0.4, -0.2) is 4.98 Å². The summed E-state index contributed by atoms with van der Waals surface area (Å²) in [5.74, 6) is 2.82. The van der Waals surface area contributed by atoms with Gasteiger partial charge in [-0.3, -0.25) is 0 Å². The summed E-state index contributed by atoms with van der Waals surface area (Å²) in [4.78, 5) is 5.08. The lowest BCUT2D eigenvalue weighted by molar-refractivity contribution is 0.360. The molecule has 0 saturated carbocycles. The molecule has 8 aromatic carbocycles. The Bertz CT molecular complexity index is 2830. The summed E-state index contributed by atoms with van der Waals surface area (Å²) in [5.41, 5.74) is 14.9. The van der Waals surface area contributed by atoms with Gasteiger partial charge in [0, 0.05) is 16.7 Å². The van der Waals surface area contributed by atoms with E-state index in [1.165, 1.54) is 27.8 Å². The van der Waals surface area contributed by atoms with Crippen LogP contribution in [-0.2, 0) is 5.41 Å². The van der Waals surface area contributed by atoms with Crippen molar-refractivity contribution in [2.45, 2.75) is 5.41 Å². The van der Waals surface area contributed by atoms with Gasteiger partial charge in [-0.05, 0) is 80.4 Å². The van der Waals surface area contributed by atoms with Crippen LogP contribution in [0.4, 0.5) is 0 Å². The Balaban J connectivity index is 0.997. The second kappa shape index (κ2) is 13.4. The summed E-state index contributed by atoms with van der Waals surface area (Å²) in [6.07, 6.45) is 0. The van der Waals surface area contributed by atoms with E-state index in [2.05, 4.69) is 188 Å². The highest BCUT2D eigenvalue weighted by Gasteiger charge is 2.47. The minimum atomic E-state index is -0.532. The molecular formula is C54H35NO2. The van der Waals surface area contributed by atoms with E-state index >= 15 is 0 Å². The van der Waals surface area contributed by atoms with Crippen molar-refractivity contribution in [3.05, 3.63) is 235 Å². The third-order valence-electron chi connectivity index (χ3n) is 11.4. The molecule has 9 aromatic rings. The fourth-order valence-corrected chi connectivity index (χ4v) is 8.82. The average Bonchev–Trinajstić information content (AvgIpc) is 3.58. The summed E-state index contributed by atoms with van der Waals surface area (Å²) in [5, 5.41) is 0. The van der Waals surface area contributed by atoms with Crippen molar-refractivity contribution in [1.82, 2.24) is 4.98 Å². The van der Waals surface area contributed by atoms with Gasteiger partial charge in [-0.2, -0.15) is 0 Å². The SMILES string of the molecule is c1ccc(-c2cc(-c3ccc(-c4cccc5c4Oc4cc6c(cc4O5)-c4ccccc4C6(c4ccccc4)c4ccccc4)cc3)cc(-c3ccccc3)n2)cc1. The Morgan fingerprint density at radius 1 is 0.316 bits per heavy atom. The lowest BCUT2D eigenvalue weighted by Gasteiger charge is -2.34. The molecule has 3 nitrogen and oxygen atoms in total. The van der Waals surface area contributed by atoms with Crippen LogP contribution in [0.1, 0.15) is 22.3 Å². The first kappa shape index (κ1) is 32.9. The monoisotopic (exact) mass is 729 g/mol. The molecule has 1 aromatic heterocycles. The van der Waals surface area contributed by atoms with Gasteiger partial charge < -0.3 is 9.47 Å². The molecule has 2 heterocycles. The highest BCUT2D eigenvalue weighted by Crippen LogP contribution is 2.60. The Hall–Kier alpha value is -7.49. The molecule has 0 bridgehead atoms. The zero-order chi connectivity index (χ0) is 37.8. The highest BCUT2D eigenvalue weighted by molar-refractivity contribution is 5.89. The number of benzene rings is 8. The molecule has 3 heteroatoms. The van der Waals surface area contributed by atoms with Gasteiger partial charge >= 0.3 is 0 Å². The van der Waals surface area contributed by atoms with E-state index in [0.717, 1.165) is 50.3 Å². The molecule has 1 aliphatic carbocycles. The van der Waals surface area contributed by atoms with E-state index in [1.807, 2.05) is 24.3 Å². The van der Waals surface area contributed by atoms with Gasteiger partial charge in [0.05, 0.1) is 16.8 Å². The summed E-state index contributed by atoms with van der Waals surface area (Å²) in [6.45, 7) is 0. The zero-order valence-corrected chi connectivity index (χ0v) is 31.0. The second-order valence-electron chi connectivity index (χ2n) is 14.6. The molecule has 0 atom stereocenters. The lowest BCUT2D eigenvalue weighted by Crippen LogP contribution is -2.28. The maximum atomic E-state index is 6.96. The van der Waals surface area contributed by atoms with Crippen molar-refractivity contribution >= 4 is 0 Å².